The van der Waals surface area contributed by atoms with Crippen LogP contribution in [-0.2, 0) is 4.79 Å². The van der Waals surface area contributed by atoms with Gasteiger partial charge in [-0.15, -0.1) is 0 Å². The molecule has 1 saturated heterocycles. The summed E-state index contributed by atoms with van der Waals surface area (Å²) in [7, 11) is 0. The monoisotopic (exact) mass is 412 g/mol. The van der Waals surface area contributed by atoms with Gasteiger partial charge in [-0.25, -0.2) is 0 Å². The van der Waals surface area contributed by atoms with Crippen molar-refractivity contribution in [1.29, 1.82) is 0 Å². The molecular formula is C21H17ClN2OS2. The Morgan fingerprint density at radius 1 is 1.15 bits per heavy atom. The quantitative estimate of drug-likeness (QED) is 0.373. The van der Waals surface area contributed by atoms with Crippen molar-refractivity contribution in [3.63, 3.8) is 0 Å². The van der Waals surface area contributed by atoms with Crippen LogP contribution in [0.25, 0.3) is 17.0 Å². The summed E-state index contributed by atoms with van der Waals surface area (Å²) in [6.45, 7) is 4.30. The summed E-state index contributed by atoms with van der Waals surface area (Å²) < 4.78 is 2.74. The van der Waals surface area contributed by atoms with Gasteiger partial charge in [0.25, 0.3) is 5.91 Å². The molecule has 0 spiro atoms. The van der Waals surface area contributed by atoms with Crippen LogP contribution in [0.3, 0.4) is 0 Å². The molecule has 2 heterocycles. The molecule has 1 aliphatic rings. The lowest BCUT2D eigenvalue weighted by atomic mass is 10.1. The first-order valence-electron chi connectivity index (χ1n) is 8.59. The fraction of sp³-hybridized carbons (Fsp3) is 0.143. The number of carbonyl (C=O) groups is 1. The van der Waals surface area contributed by atoms with E-state index in [9.17, 15) is 4.79 Å². The van der Waals surface area contributed by atoms with E-state index in [2.05, 4.69) is 36.7 Å². The molecule has 136 valence electrons. The van der Waals surface area contributed by atoms with Gasteiger partial charge in [-0.1, -0.05) is 59.8 Å². The van der Waals surface area contributed by atoms with Crippen molar-refractivity contribution in [2.45, 2.75) is 19.9 Å². The molecule has 27 heavy (non-hydrogen) atoms. The van der Waals surface area contributed by atoms with Gasteiger partial charge in [0, 0.05) is 33.7 Å². The normalized spacial score (nSPS) is 16.3. The minimum Gasteiger partial charge on any atom is -0.344 e. The van der Waals surface area contributed by atoms with E-state index in [4.69, 9.17) is 23.8 Å². The van der Waals surface area contributed by atoms with Gasteiger partial charge in [0.05, 0.1) is 10.6 Å². The molecule has 3 nitrogen and oxygen atoms in total. The summed E-state index contributed by atoms with van der Waals surface area (Å²) in [5.41, 5.74) is 2.87. The first-order chi connectivity index (χ1) is 13.0. The number of thioether (sulfide) groups is 1. The summed E-state index contributed by atoms with van der Waals surface area (Å²) in [5.74, 6) is -0.117. The van der Waals surface area contributed by atoms with Gasteiger partial charge >= 0.3 is 0 Å². The van der Waals surface area contributed by atoms with Crippen LogP contribution in [0.5, 0.6) is 0 Å². The SMILES string of the molecule is CC(C)n1cc(/C=C2\SC(=S)N(c3cccc(Cl)c3)C2=O)c2ccccc21. The van der Waals surface area contributed by atoms with Crippen molar-refractivity contribution in [2.24, 2.45) is 0 Å². The van der Waals surface area contributed by atoms with Crippen LogP contribution in [0.4, 0.5) is 5.69 Å². The molecule has 0 N–H and O–H groups in total. The lowest BCUT2D eigenvalue weighted by Gasteiger charge is -2.14. The largest absolute Gasteiger partial charge is 0.344 e. The number of carbonyl (C=O) groups excluding carboxylic acids is 1. The molecule has 4 rings (SSSR count). The molecule has 0 saturated carbocycles. The summed E-state index contributed by atoms with van der Waals surface area (Å²) >= 11 is 12.9. The van der Waals surface area contributed by atoms with Crippen LogP contribution in [-0.4, -0.2) is 14.8 Å². The van der Waals surface area contributed by atoms with Gasteiger partial charge in [-0.2, -0.15) is 0 Å². The third kappa shape index (κ3) is 3.31. The highest BCUT2D eigenvalue weighted by Crippen LogP contribution is 2.38. The van der Waals surface area contributed by atoms with Crippen molar-refractivity contribution in [2.75, 3.05) is 4.90 Å². The molecule has 0 unspecified atom stereocenters. The van der Waals surface area contributed by atoms with Gasteiger partial charge in [0.1, 0.15) is 0 Å². The number of amides is 1. The second-order valence-corrected chi connectivity index (χ2v) is 8.71. The summed E-state index contributed by atoms with van der Waals surface area (Å²) in [6, 6.07) is 15.7. The van der Waals surface area contributed by atoms with Gasteiger partial charge in [-0.3, -0.25) is 9.69 Å². The molecule has 2 aromatic carbocycles. The smallest absolute Gasteiger partial charge is 0.270 e. The molecule has 0 aliphatic carbocycles. The fourth-order valence-electron chi connectivity index (χ4n) is 3.22. The van der Waals surface area contributed by atoms with E-state index in [1.54, 1.807) is 17.0 Å². The Morgan fingerprint density at radius 3 is 2.67 bits per heavy atom. The van der Waals surface area contributed by atoms with Crippen molar-refractivity contribution >= 4 is 68.5 Å². The number of anilines is 1. The van der Waals surface area contributed by atoms with E-state index in [1.165, 1.54) is 11.8 Å². The maximum atomic E-state index is 13.0. The van der Waals surface area contributed by atoms with Crippen molar-refractivity contribution in [1.82, 2.24) is 4.57 Å². The van der Waals surface area contributed by atoms with E-state index in [0.717, 1.165) is 16.5 Å². The Hall–Kier alpha value is -2.08. The third-order valence-electron chi connectivity index (χ3n) is 4.47. The molecule has 1 aromatic heterocycles. The average molecular weight is 413 g/mol. The summed E-state index contributed by atoms with van der Waals surface area (Å²) in [4.78, 5) is 15.2. The Morgan fingerprint density at radius 2 is 1.93 bits per heavy atom. The standard InChI is InChI=1S/C21H17ClN2OS2/c1-13(2)23-12-14(17-8-3-4-9-18(17)23)10-19-20(25)24(21(26)27-19)16-7-5-6-15(22)11-16/h3-13H,1-2H3/b19-10-. The van der Waals surface area contributed by atoms with Crippen molar-refractivity contribution in [3.8, 4) is 0 Å². The minimum atomic E-state index is -0.117. The lowest BCUT2D eigenvalue weighted by molar-refractivity contribution is -0.113. The molecule has 0 atom stereocenters. The number of fused-ring (bicyclic) bond motifs is 1. The number of thiocarbonyl (C=S) groups is 1. The van der Waals surface area contributed by atoms with Gasteiger partial charge in [0.2, 0.25) is 0 Å². The van der Waals surface area contributed by atoms with Crippen LogP contribution in [0, 0.1) is 0 Å². The predicted octanol–water partition coefficient (Wildman–Crippen LogP) is 6.28. The summed E-state index contributed by atoms with van der Waals surface area (Å²) in [6.07, 6.45) is 4.03. The molecular weight excluding hydrogens is 396 g/mol. The highest BCUT2D eigenvalue weighted by atomic mass is 35.5. The number of rotatable bonds is 3. The molecule has 1 aliphatic heterocycles. The predicted molar refractivity (Wildman–Crippen MR) is 119 cm³/mol. The van der Waals surface area contributed by atoms with Crippen LogP contribution in [0.15, 0.2) is 59.6 Å². The van der Waals surface area contributed by atoms with E-state index < -0.39 is 0 Å². The number of halogens is 1. The number of nitrogens with zero attached hydrogens (tertiary/aromatic N) is 2. The first-order valence-corrected chi connectivity index (χ1v) is 10.2. The van der Waals surface area contributed by atoms with Crippen molar-refractivity contribution in [3.05, 3.63) is 70.2 Å². The number of hydrogen-bond acceptors (Lipinski definition) is 3. The minimum absolute atomic E-state index is 0.117. The third-order valence-corrected chi connectivity index (χ3v) is 6.01. The van der Waals surface area contributed by atoms with E-state index in [-0.39, 0.29) is 5.91 Å². The van der Waals surface area contributed by atoms with Gasteiger partial charge in [0.15, 0.2) is 4.32 Å². The summed E-state index contributed by atoms with van der Waals surface area (Å²) in [5, 5.41) is 1.70. The molecule has 1 fully saturated rings. The molecule has 1 amide bonds. The average Bonchev–Trinajstić information content (AvgIpc) is 3.13. The topological polar surface area (TPSA) is 25.2 Å². The maximum Gasteiger partial charge on any atom is 0.270 e. The van der Waals surface area contributed by atoms with Crippen molar-refractivity contribution < 1.29 is 4.79 Å². The first kappa shape index (κ1) is 18.3. The highest BCUT2D eigenvalue weighted by molar-refractivity contribution is 8.27. The second-order valence-electron chi connectivity index (χ2n) is 6.60. The Kier molecular flexibility index (Phi) is 4.84. The molecule has 0 radical (unpaired) electrons. The molecule has 6 heteroatoms. The number of benzene rings is 2. The Balaban J connectivity index is 1.77. The second kappa shape index (κ2) is 7.15. The number of aromatic nitrogens is 1. The van der Waals surface area contributed by atoms with E-state index in [1.807, 2.05) is 30.3 Å². The highest BCUT2D eigenvalue weighted by Gasteiger charge is 2.33. The lowest BCUT2D eigenvalue weighted by Crippen LogP contribution is -2.27. The maximum absolute atomic E-state index is 13.0. The Labute approximate surface area is 172 Å². The zero-order valence-electron chi connectivity index (χ0n) is 14.8. The van der Waals surface area contributed by atoms with Crippen LogP contribution < -0.4 is 4.90 Å². The van der Waals surface area contributed by atoms with Crippen LogP contribution in [0.1, 0.15) is 25.5 Å². The zero-order valence-corrected chi connectivity index (χ0v) is 17.2. The van der Waals surface area contributed by atoms with Gasteiger partial charge in [-0.05, 0) is 44.2 Å². The van der Waals surface area contributed by atoms with Crippen LogP contribution in [0.2, 0.25) is 5.02 Å². The van der Waals surface area contributed by atoms with Crippen LogP contribution >= 0.6 is 35.6 Å². The Bertz CT molecular complexity index is 1100. The fourth-order valence-corrected chi connectivity index (χ4v) is 4.70. The van der Waals surface area contributed by atoms with E-state index in [0.29, 0.717) is 26.0 Å². The molecule has 3 aromatic rings. The van der Waals surface area contributed by atoms with Gasteiger partial charge < -0.3 is 4.57 Å². The zero-order chi connectivity index (χ0) is 19.1. The van der Waals surface area contributed by atoms with E-state index >= 15 is 0 Å². The number of para-hydroxylation sites is 1. The molecule has 0 bridgehead atoms. The number of hydrogen-bond donors (Lipinski definition) is 0.